The number of carbonyl (C=O) groups is 1. The lowest BCUT2D eigenvalue weighted by Crippen LogP contribution is -2.34. The maximum Gasteiger partial charge on any atom is 0.244 e. The number of hydrogen-bond donors (Lipinski definition) is 2. The molecule has 0 atom stereocenters. The zero-order valence-electron chi connectivity index (χ0n) is 13.8. The maximum atomic E-state index is 12.9. The molecule has 0 bridgehead atoms. The molecule has 25 heavy (non-hydrogen) atoms. The molecular formula is C17H20N2O5S. The van der Waals surface area contributed by atoms with E-state index in [0.29, 0.717) is 5.75 Å². The fourth-order valence-corrected chi connectivity index (χ4v) is 3.68. The van der Waals surface area contributed by atoms with Crippen molar-refractivity contribution in [3.8, 4) is 5.75 Å². The summed E-state index contributed by atoms with van der Waals surface area (Å²) < 4.78 is 32.1. The summed E-state index contributed by atoms with van der Waals surface area (Å²) in [4.78, 5) is 11.4. The van der Waals surface area contributed by atoms with Crippen molar-refractivity contribution in [2.45, 2.75) is 17.9 Å². The number of amides is 1. The minimum atomic E-state index is -3.81. The van der Waals surface area contributed by atoms with Gasteiger partial charge in [0.1, 0.15) is 5.75 Å². The summed E-state index contributed by atoms with van der Waals surface area (Å²) in [5.41, 5.74) is 2.31. The lowest BCUT2D eigenvalue weighted by molar-refractivity contribution is -0.129. The molecule has 134 valence electrons. The third-order valence-corrected chi connectivity index (χ3v) is 5.47. The molecule has 0 saturated carbocycles. The second kappa shape index (κ2) is 8.61. The first kappa shape index (κ1) is 18.9. The molecular weight excluding hydrogens is 344 g/mol. The molecule has 0 aliphatic heterocycles. The summed E-state index contributed by atoms with van der Waals surface area (Å²) in [7, 11) is -2.31. The van der Waals surface area contributed by atoms with E-state index in [0.717, 1.165) is 5.56 Å². The van der Waals surface area contributed by atoms with Gasteiger partial charge in [0.05, 0.1) is 12.0 Å². The second-order valence-corrected chi connectivity index (χ2v) is 7.22. The Morgan fingerprint density at radius 2 is 1.76 bits per heavy atom. The first-order valence-corrected chi connectivity index (χ1v) is 9.02. The fraction of sp³-hybridized carbons (Fsp3) is 0.235. The first-order valence-electron chi connectivity index (χ1n) is 7.58. The number of nitrogens with one attached hydrogen (secondary N) is 1. The van der Waals surface area contributed by atoms with Crippen molar-refractivity contribution in [2.75, 3.05) is 13.7 Å². The SMILES string of the molecule is COc1ccc(S(=O)(=O)N(CCC(=O)NO)Cc2ccccc2)cc1. The number of hydrogen-bond acceptors (Lipinski definition) is 5. The second-order valence-electron chi connectivity index (χ2n) is 5.28. The highest BCUT2D eigenvalue weighted by Gasteiger charge is 2.25. The van der Waals surface area contributed by atoms with Crippen LogP contribution in [0.3, 0.4) is 0 Å². The molecule has 0 unspecified atom stereocenters. The molecule has 0 heterocycles. The fourth-order valence-electron chi connectivity index (χ4n) is 2.25. The van der Waals surface area contributed by atoms with E-state index in [1.807, 2.05) is 30.3 Å². The normalized spacial score (nSPS) is 11.3. The van der Waals surface area contributed by atoms with Gasteiger partial charge in [0.15, 0.2) is 0 Å². The van der Waals surface area contributed by atoms with Gasteiger partial charge in [-0.1, -0.05) is 30.3 Å². The number of nitrogens with zero attached hydrogens (tertiary/aromatic N) is 1. The van der Waals surface area contributed by atoms with Crippen LogP contribution >= 0.6 is 0 Å². The minimum Gasteiger partial charge on any atom is -0.497 e. The largest absolute Gasteiger partial charge is 0.497 e. The van der Waals surface area contributed by atoms with Crippen LogP contribution in [0.4, 0.5) is 0 Å². The number of rotatable bonds is 8. The summed E-state index contributed by atoms with van der Waals surface area (Å²) in [6, 6.07) is 15.1. The van der Waals surface area contributed by atoms with Crippen LogP contribution in [0.2, 0.25) is 0 Å². The van der Waals surface area contributed by atoms with E-state index in [9.17, 15) is 13.2 Å². The Morgan fingerprint density at radius 3 is 2.32 bits per heavy atom. The van der Waals surface area contributed by atoms with Crippen LogP contribution in [-0.2, 0) is 21.4 Å². The van der Waals surface area contributed by atoms with Gasteiger partial charge in [0.25, 0.3) is 0 Å². The number of hydroxylamine groups is 1. The average Bonchev–Trinajstić information content (AvgIpc) is 2.65. The van der Waals surface area contributed by atoms with Gasteiger partial charge in [-0.15, -0.1) is 0 Å². The van der Waals surface area contributed by atoms with E-state index in [1.54, 1.807) is 12.1 Å². The molecule has 2 aromatic rings. The molecule has 1 amide bonds. The van der Waals surface area contributed by atoms with E-state index in [2.05, 4.69) is 0 Å². The summed E-state index contributed by atoms with van der Waals surface area (Å²) in [5.74, 6) is -0.101. The number of carbonyl (C=O) groups excluding carboxylic acids is 1. The predicted molar refractivity (Wildman–Crippen MR) is 91.6 cm³/mol. The van der Waals surface area contributed by atoms with Gasteiger partial charge in [-0.25, -0.2) is 13.9 Å². The van der Waals surface area contributed by atoms with Crippen molar-refractivity contribution in [1.82, 2.24) is 9.79 Å². The molecule has 0 radical (unpaired) electrons. The molecule has 2 aromatic carbocycles. The summed E-state index contributed by atoms with van der Waals surface area (Å²) in [6.45, 7) is 0.0591. The van der Waals surface area contributed by atoms with E-state index >= 15 is 0 Å². The van der Waals surface area contributed by atoms with Gasteiger partial charge >= 0.3 is 0 Å². The summed E-state index contributed by atoms with van der Waals surface area (Å²) >= 11 is 0. The molecule has 8 heteroatoms. The third kappa shape index (κ3) is 5.02. The lowest BCUT2D eigenvalue weighted by atomic mass is 10.2. The van der Waals surface area contributed by atoms with Crippen molar-refractivity contribution in [1.29, 1.82) is 0 Å². The molecule has 2 N–H and O–H groups in total. The molecule has 0 aromatic heterocycles. The van der Waals surface area contributed by atoms with Gasteiger partial charge in [-0.05, 0) is 29.8 Å². The molecule has 0 aliphatic rings. The summed E-state index contributed by atoms with van der Waals surface area (Å²) in [6.07, 6.45) is -0.154. The summed E-state index contributed by atoms with van der Waals surface area (Å²) in [5, 5.41) is 8.63. The Labute approximate surface area is 146 Å². The smallest absolute Gasteiger partial charge is 0.244 e. The Balaban J connectivity index is 2.28. The van der Waals surface area contributed by atoms with Gasteiger partial charge in [-0.3, -0.25) is 10.0 Å². The number of ether oxygens (including phenoxy) is 1. The Hall–Kier alpha value is -2.42. The van der Waals surface area contributed by atoms with Crippen molar-refractivity contribution in [2.24, 2.45) is 0 Å². The zero-order chi connectivity index (χ0) is 18.3. The van der Waals surface area contributed by atoms with Crippen LogP contribution in [0.25, 0.3) is 0 Å². The quantitative estimate of drug-likeness (QED) is 0.550. The van der Waals surface area contributed by atoms with Crippen molar-refractivity contribution < 1.29 is 23.2 Å². The van der Waals surface area contributed by atoms with Crippen LogP contribution < -0.4 is 10.2 Å². The van der Waals surface area contributed by atoms with Gasteiger partial charge in [-0.2, -0.15) is 4.31 Å². The van der Waals surface area contributed by atoms with Crippen LogP contribution in [-0.4, -0.2) is 37.5 Å². The molecule has 0 saturated heterocycles. The topological polar surface area (TPSA) is 95.9 Å². The first-order chi connectivity index (χ1) is 12.0. The van der Waals surface area contributed by atoms with Crippen LogP contribution in [0, 0.1) is 0 Å². The Bertz CT molecular complexity index is 792. The standard InChI is InChI=1S/C17H20N2O5S/c1-24-15-7-9-16(10-8-15)25(22,23)19(12-11-17(20)18-21)13-14-5-3-2-4-6-14/h2-10,21H,11-13H2,1H3,(H,18,20). The molecule has 7 nitrogen and oxygen atoms in total. The molecule has 0 spiro atoms. The van der Waals surface area contributed by atoms with E-state index in [-0.39, 0.29) is 24.4 Å². The molecule has 0 fully saturated rings. The highest BCUT2D eigenvalue weighted by molar-refractivity contribution is 7.89. The third-order valence-electron chi connectivity index (χ3n) is 3.61. The van der Waals surface area contributed by atoms with Gasteiger partial charge in [0.2, 0.25) is 15.9 Å². The number of sulfonamides is 1. The molecule has 2 rings (SSSR count). The maximum absolute atomic E-state index is 12.9. The van der Waals surface area contributed by atoms with Crippen LogP contribution in [0.1, 0.15) is 12.0 Å². The lowest BCUT2D eigenvalue weighted by Gasteiger charge is -2.22. The van der Waals surface area contributed by atoms with Crippen LogP contribution in [0.5, 0.6) is 5.75 Å². The van der Waals surface area contributed by atoms with E-state index in [1.165, 1.54) is 29.0 Å². The van der Waals surface area contributed by atoms with Crippen molar-refractivity contribution in [3.63, 3.8) is 0 Å². The Morgan fingerprint density at radius 1 is 1.12 bits per heavy atom. The number of methoxy groups -OCH3 is 1. The number of benzene rings is 2. The van der Waals surface area contributed by atoms with Gasteiger partial charge in [0, 0.05) is 19.5 Å². The van der Waals surface area contributed by atoms with Crippen LogP contribution in [0.15, 0.2) is 59.5 Å². The monoisotopic (exact) mass is 364 g/mol. The molecule has 0 aliphatic carbocycles. The minimum absolute atomic E-state index is 0.0599. The van der Waals surface area contributed by atoms with Gasteiger partial charge < -0.3 is 4.74 Å². The van der Waals surface area contributed by atoms with E-state index in [4.69, 9.17) is 9.94 Å². The highest BCUT2D eigenvalue weighted by Crippen LogP contribution is 2.21. The van der Waals surface area contributed by atoms with Crippen molar-refractivity contribution >= 4 is 15.9 Å². The van der Waals surface area contributed by atoms with Crippen molar-refractivity contribution in [3.05, 3.63) is 60.2 Å². The predicted octanol–water partition coefficient (Wildman–Crippen LogP) is 1.78. The van der Waals surface area contributed by atoms with E-state index < -0.39 is 15.9 Å². The average molecular weight is 364 g/mol. The zero-order valence-corrected chi connectivity index (χ0v) is 14.6. The Kier molecular flexibility index (Phi) is 6.51. The highest BCUT2D eigenvalue weighted by atomic mass is 32.2.